The second-order valence-electron chi connectivity index (χ2n) is 13.4. The van der Waals surface area contributed by atoms with Crippen LogP contribution in [0.25, 0.3) is 0 Å². The monoisotopic (exact) mass is 512 g/mol. The number of aliphatic hydroxyl groups excluding tert-OH is 2. The first kappa shape index (κ1) is 26.3. The van der Waals surface area contributed by atoms with Crippen LogP contribution >= 0.6 is 0 Å². The lowest BCUT2D eigenvalue weighted by Gasteiger charge is -2.48. The van der Waals surface area contributed by atoms with Gasteiger partial charge in [-0.3, -0.25) is 9.48 Å². The summed E-state index contributed by atoms with van der Waals surface area (Å²) < 4.78 is 7.42. The number of nitrogens with zero attached hydrogens (tertiary/aromatic N) is 2. The summed E-state index contributed by atoms with van der Waals surface area (Å²) in [5, 5.41) is 38.8. The Labute approximate surface area is 218 Å². The number of rotatable bonds is 3. The zero-order valence-electron chi connectivity index (χ0n) is 23.1. The van der Waals surface area contributed by atoms with E-state index in [4.69, 9.17) is 4.74 Å². The highest BCUT2D eigenvalue weighted by atomic mass is 16.6. The largest absolute Gasteiger partial charge is 0.450 e. The van der Waals surface area contributed by atoms with E-state index in [0.29, 0.717) is 17.7 Å². The summed E-state index contributed by atoms with van der Waals surface area (Å²) in [6, 6.07) is 1.67. The van der Waals surface area contributed by atoms with Gasteiger partial charge in [0.2, 0.25) is 0 Å². The van der Waals surface area contributed by atoms with E-state index < -0.39 is 41.7 Å². The van der Waals surface area contributed by atoms with Crippen LogP contribution in [0.1, 0.15) is 71.1 Å². The van der Waals surface area contributed by atoms with Crippen LogP contribution in [0.5, 0.6) is 0 Å². The third kappa shape index (κ3) is 3.28. The smallest absolute Gasteiger partial charge is 0.357 e. The van der Waals surface area contributed by atoms with Crippen LogP contribution < -0.4 is 0 Å². The van der Waals surface area contributed by atoms with E-state index in [1.54, 1.807) is 32.2 Å². The van der Waals surface area contributed by atoms with E-state index in [1.807, 2.05) is 27.7 Å². The fraction of sp³-hybridized carbons (Fsp3) is 0.690. The Morgan fingerprint density at radius 2 is 1.95 bits per heavy atom. The van der Waals surface area contributed by atoms with Gasteiger partial charge in [-0.25, -0.2) is 4.79 Å². The second kappa shape index (κ2) is 7.87. The highest BCUT2D eigenvalue weighted by Gasteiger charge is 2.76. The van der Waals surface area contributed by atoms with Gasteiger partial charge in [0.25, 0.3) is 0 Å². The number of carbonyl (C=O) groups is 2. The van der Waals surface area contributed by atoms with Crippen LogP contribution in [0.4, 0.5) is 0 Å². The highest BCUT2D eigenvalue weighted by Crippen LogP contribution is 2.71. The summed E-state index contributed by atoms with van der Waals surface area (Å²) in [6.07, 6.45) is 1.26. The molecule has 5 rings (SSSR count). The summed E-state index contributed by atoms with van der Waals surface area (Å²) in [5.74, 6) is -1.37. The Balaban J connectivity index is 1.60. The van der Waals surface area contributed by atoms with Crippen molar-refractivity contribution in [3.05, 3.63) is 40.8 Å². The molecule has 0 amide bonds. The summed E-state index contributed by atoms with van der Waals surface area (Å²) in [5.41, 5.74) is -2.30. The molecule has 3 N–H and O–H groups in total. The van der Waals surface area contributed by atoms with Crippen LogP contribution in [0.3, 0.4) is 0 Å². The number of hydrogen-bond acceptors (Lipinski definition) is 7. The minimum atomic E-state index is -2.15. The Kier molecular flexibility index (Phi) is 5.60. The number of ketones is 1. The predicted molar refractivity (Wildman–Crippen MR) is 136 cm³/mol. The molecule has 4 aliphatic rings. The summed E-state index contributed by atoms with van der Waals surface area (Å²) >= 11 is 0. The van der Waals surface area contributed by atoms with Crippen molar-refractivity contribution in [3.8, 4) is 0 Å². The lowest BCUT2D eigenvalue weighted by atomic mass is 9.59. The zero-order chi connectivity index (χ0) is 27.5. The topological polar surface area (TPSA) is 122 Å². The molecule has 0 radical (unpaired) electrons. The molecule has 37 heavy (non-hydrogen) atoms. The molecular formula is C29H40N2O6. The number of aliphatic hydroxyl groups is 3. The summed E-state index contributed by atoms with van der Waals surface area (Å²) in [6.45, 7) is 13.4. The number of aryl methyl sites for hydroxylation is 1. The first-order valence-corrected chi connectivity index (χ1v) is 13.2. The maximum atomic E-state index is 14.4. The predicted octanol–water partition coefficient (Wildman–Crippen LogP) is 2.71. The van der Waals surface area contributed by atoms with Crippen molar-refractivity contribution in [1.29, 1.82) is 0 Å². The van der Waals surface area contributed by atoms with Crippen molar-refractivity contribution in [2.75, 3.05) is 6.61 Å². The molecule has 2 bridgehead atoms. The number of esters is 1. The summed E-state index contributed by atoms with van der Waals surface area (Å²) in [4.78, 5) is 27.9. The second-order valence-corrected chi connectivity index (χ2v) is 13.4. The van der Waals surface area contributed by atoms with Crippen molar-refractivity contribution >= 4 is 11.8 Å². The fourth-order valence-electron chi connectivity index (χ4n) is 7.79. The molecule has 2 fully saturated rings. The van der Waals surface area contributed by atoms with E-state index in [2.05, 4.69) is 18.9 Å². The van der Waals surface area contributed by atoms with Gasteiger partial charge in [-0.2, -0.15) is 5.10 Å². The van der Waals surface area contributed by atoms with E-state index in [-0.39, 0.29) is 45.6 Å². The first-order chi connectivity index (χ1) is 17.0. The van der Waals surface area contributed by atoms with Crippen molar-refractivity contribution < 1.29 is 29.6 Å². The van der Waals surface area contributed by atoms with Gasteiger partial charge in [-0.05, 0) is 53.7 Å². The molecule has 0 saturated heterocycles. The van der Waals surface area contributed by atoms with Gasteiger partial charge in [0, 0.05) is 18.4 Å². The molecule has 1 aromatic heterocycles. The number of carbonyl (C=O) groups excluding carboxylic acids is 2. The van der Waals surface area contributed by atoms with Crippen molar-refractivity contribution in [1.82, 2.24) is 9.78 Å². The molecule has 1 heterocycles. The molecule has 8 nitrogen and oxygen atoms in total. The molecule has 8 heteroatoms. The lowest BCUT2D eigenvalue weighted by Crippen LogP contribution is -2.65. The van der Waals surface area contributed by atoms with Gasteiger partial charge in [0.05, 0.1) is 17.7 Å². The van der Waals surface area contributed by atoms with Gasteiger partial charge >= 0.3 is 5.97 Å². The Hall–Kier alpha value is -2.29. The molecule has 1 aromatic rings. The van der Waals surface area contributed by atoms with Crippen LogP contribution in [-0.2, 0) is 22.0 Å². The lowest BCUT2D eigenvalue weighted by molar-refractivity contribution is -0.190. The molecule has 202 valence electrons. The Bertz CT molecular complexity index is 1240. The number of Topliss-reactive ketones (excluding diaryl/α,β-unsaturated/α-hetero) is 1. The maximum absolute atomic E-state index is 14.4. The number of fused-ring (bicyclic) bond motifs is 3. The minimum absolute atomic E-state index is 0.0474. The number of hydrogen-bond donors (Lipinski definition) is 3. The molecule has 4 aliphatic carbocycles. The van der Waals surface area contributed by atoms with Crippen LogP contribution in [-0.4, -0.2) is 61.3 Å². The van der Waals surface area contributed by atoms with Crippen LogP contribution in [0.2, 0.25) is 0 Å². The van der Waals surface area contributed by atoms with E-state index in [9.17, 15) is 24.9 Å². The summed E-state index contributed by atoms with van der Waals surface area (Å²) in [7, 11) is 1.65. The first-order valence-electron chi connectivity index (χ1n) is 13.2. The van der Waals surface area contributed by atoms with Crippen molar-refractivity contribution in [2.24, 2.45) is 41.5 Å². The molecule has 2 saturated carbocycles. The molecule has 0 aromatic carbocycles. The minimum Gasteiger partial charge on any atom is -0.450 e. The Morgan fingerprint density at radius 3 is 2.51 bits per heavy atom. The SMILES string of the molecule is CC1=C[C@]23C(=O)[C@@H](C=C(CO)[C@@H](O)[C@]2(O)[C@H]1OC(=O)c1cc(C(C)(C)C)nn1C)[C@H]1[C@@H](C[C@H]3C)C1(C)C. The standard InChI is InChI=1S/C29H40N2O6/c1-14-12-28-15(2)9-18-21(27(18,6)7)17(23(28)34)10-16(13-32)22(33)29(28,36)24(14)37-25(35)19-11-20(26(3,4)5)30-31(19)8/h10-12,15,17-18,21-22,24,32-33,36H,9,13H2,1-8H3/t15-,17+,18-,21+,22-,24+,28+,29+/m1/s1. The quantitative estimate of drug-likeness (QED) is 0.420. The number of allylic oxidation sites excluding steroid dienone is 1. The van der Waals surface area contributed by atoms with Gasteiger partial charge in [0.15, 0.2) is 17.5 Å². The molecule has 8 atom stereocenters. The van der Waals surface area contributed by atoms with E-state index in [0.717, 1.165) is 0 Å². The van der Waals surface area contributed by atoms with Crippen molar-refractivity contribution in [3.63, 3.8) is 0 Å². The average molecular weight is 513 g/mol. The average Bonchev–Trinajstić information content (AvgIpc) is 3.07. The maximum Gasteiger partial charge on any atom is 0.357 e. The third-order valence-electron chi connectivity index (χ3n) is 9.98. The van der Waals surface area contributed by atoms with Gasteiger partial charge < -0.3 is 20.1 Å². The van der Waals surface area contributed by atoms with Gasteiger partial charge in [-0.1, -0.05) is 53.7 Å². The van der Waals surface area contributed by atoms with Crippen molar-refractivity contribution in [2.45, 2.75) is 78.1 Å². The van der Waals surface area contributed by atoms with Gasteiger partial charge in [0.1, 0.15) is 11.8 Å². The normalized spacial score (nSPS) is 40.1. The van der Waals surface area contributed by atoms with E-state index in [1.165, 1.54) is 4.68 Å². The molecular weight excluding hydrogens is 472 g/mol. The van der Waals surface area contributed by atoms with Gasteiger partial charge in [-0.15, -0.1) is 0 Å². The third-order valence-corrected chi connectivity index (χ3v) is 9.98. The van der Waals surface area contributed by atoms with E-state index >= 15 is 0 Å². The van der Waals surface area contributed by atoms with Crippen LogP contribution in [0, 0.1) is 34.5 Å². The molecule has 1 spiro atoms. The highest BCUT2D eigenvalue weighted by molar-refractivity contribution is 5.96. The number of aromatic nitrogens is 2. The van der Waals surface area contributed by atoms with Crippen LogP contribution in [0.15, 0.2) is 29.4 Å². The molecule has 0 unspecified atom stereocenters. The number of ether oxygens (including phenoxy) is 1. The fourth-order valence-corrected chi connectivity index (χ4v) is 7.79. The molecule has 0 aliphatic heterocycles. The zero-order valence-corrected chi connectivity index (χ0v) is 23.1. The Morgan fingerprint density at radius 1 is 1.30 bits per heavy atom.